The second-order valence-electron chi connectivity index (χ2n) is 10.6. The van der Waals surface area contributed by atoms with Gasteiger partial charge in [-0.1, -0.05) is 90.5 Å². The zero-order chi connectivity index (χ0) is 29.5. The van der Waals surface area contributed by atoms with Gasteiger partial charge in [0.15, 0.2) is 10.9 Å². The lowest BCUT2D eigenvalue weighted by atomic mass is 9.95. The van der Waals surface area contributed by atoms with Crippen LogP contribution >= 0.6 is 23.8 Å². The standard InChI is InChI=1S/C33H35ClN6OS/c1-39(2)18-19-40(22-23-10-4-3-5-11-23)32(41)26-20-29(34)31(35-21-26)37-38-33(42)36-30-27-14-8-6-12-24(27)16-17-25-13-7-9-15-28(25)30/h3-15,20-21,30H,16-19,22H2,1-2H3,(H,35,37)(H2,36,38,42). The van der Waals surface area contributed by atoms with Gasteiger partial charge in [-0.15, -0.1) is 0 Å². The molecule has 1 aliphatic carbocycles. The number of pyridine rings is 1. The number of rotatable bonds is 9. The average molecular weight is 599 g/mol. The molecule has 42 heavy (non-hydrogen) atoms. The van der Waals surface area contributed by atoms with Crippen molar-refractivity contribution in [3.8, 4) is 0 Å². The molecule has 216 valence electrons. The van der Waals surface area contributed by atoms with Crippen LogP contribution < -0.4 is 16.2 Å². The Bertz CT molecular complexity index is 1500. The summed E-state index contributed by atoms with van der Waals surface area (Å²) in [5.74, 6) is 0.249. The fourth-order valence-corrected chi connectivity index (χ4v) is 5.55. The van der Waals surface area contributed by atoms with E-state index in [4.69, 9.17) is 23.8 Å². The van der Waals surface area contributed by atoms with E-state index in [0.29, 0.717) is 34.6 Å². The Labute approximate surface area is 257 Å². The minimum absolute atomic E-state index is 0.0945. The number of thiocarbonyl (C=S) groups is 1. The molecule has 0 saturated carbocycles. The van der Waals surface area contributed by atoms with Crippen molar-refractivity contribution in [3.05, 3.63) is 130 Å². The molecule has 0 aliphatic heterocycles. The molecule has 0 saturated heterocycles. The summed E-state index contributed by atoms with van der Waals surface area (Å²) in [5.41, 5.74) is 12.6. The summed E-state index contributed by atoms with van der Waals surface area (Å²) in [5, 5.41) is 4.19. The van der Waals surface area contributed by atoms with Crippen LogP contribution in [0.25, 0.3) is 0 Å². The zero-order valence-corrected chi connectivity index (χ0v) is 25.4. The van der Waals surface area contributed by atoms with Gasteiger partial charge in [0.2, 0.25) is 0 Å². The van der Waals surface area contributed by atoms with Gasteiger partial charge in [-0.2, -0.15) is 0 Å². The number of nitrogens with zero attached hydrogens (tertiary/aromatic N) is 3. The van der Waals surface area contributed by atoms with Crippen LogP contribution in [-0.2, 0) is 19.4 Å². The lowest BCUT2D eigenvalue weighted by molar-refractivity contribution is 0.0731. The number of hydrazine groups is 1. The quantitative estimate of drug-likeness (QED) is 0.171. The first kappa shape index (κ1) is 29.5. The van der Waals surface area contributed by atoms with Gasteiger partial charge in [-0.05, 0) is 73.0 Å². The fraction of sp³-hybridized carbons (Fsp3) is 0.242. The van der Waals surface area contributed by atoms with Gasteiger partial charge < -0.3 is 15.1 Å². The minimum atomic E-state index is -0.127. The molecular weight excluding hydrogens is 564 g/mol. The zero-order valence-electron chi connectivity index (χ0n) is 23.8. The molecule has 4 aromatic rings. The number of aryl methyl sites for hydroxylation is 2. The Morgan fingerprint density at radius 3 is 2.17 bits per heavy atom. The largest absolute Gasteiger partial charge is 0.350 e. The predicted molar refractivity (Wildman–Crippen MR) is 174 cm³/mol. The Kier molecular flexibility index (Phi) is 9.69. The van der Waals surface area contributed by atoms with E-state index in [0.717, 1.165) is 24.9 Å². The predicted octanol–water partition coefficient (Wildman–Crippen LogP) is 5.62. The highest BCUT2D eigenvalue weighted by Crippen LogP contribution is 2.32. The van der Waals surface area contributed by atoms with Crippen molar-refractivity contribution in [1.29, 1.82) is 0 Å². The normalized spacial score (nSPS) is 12.6. The van der Waals surface area contributed by atoms with Crippen LogP contribution in [0.15, 0.2) is 91.1 Å². The molecule has 0 atom stereocenters. The van der Waals surface area contributed by atoms with Crippen molar-refractivity contribution in [1.82, 2.24) is 25.5 Å². The summed E-state index contributed by atoms with van der Waals surface area (Å²) in [4.78, 5) is 21.8. The highest BCUT2D eigenvalue weighted by molar-refractivity contribution is 7.80. The van der Waals surface area contributed by atoms with Crippen LogP contribution in [0.5, 0.6) is 0 Å². The number of anilines is 1. The summed E-state index contributed by atoms with van der Waals surface area (Å²) >= 11 is 12.3. The number of hydrogen-bond acceptors (Lipinski definition) is 5. The lowest BCUT2D eigenvalue weighted by Crippen LogP contribution is -2.41. The third-order valence-electron chi connectivity index (χ3n) is 7.37. The maximum Gasteiger partial charge on any atom is 0.255 e. The summed E-state index contributed by atoms with van der Waals surface area (Å²) in [7, 11) is 3.98. The first-order chi connectivity index (χ1) is 20.4. The molecule has 0 unspecified atom stereocenters. The van der Waals surface area contributed by atoms with Crippen LogP contribution in [0.2, 0.25) is 5.02 Å². The number of halogens is 1. The number of nitrogens with one attached hydrogen (secondary N) is 3. The van der Waals surface area contributed by atoms with Crippen molar-refractivity contribution < 1.29 is 4.79 Å². The number of amides is 1. The number of likely N-dealkylation sites (N-methyl/N-ethyl adjacent to an activating group) is 1. The number of aromatic nitrogens is 1. The molecule has 0 spiro atoms. The smallest absolute Gasteiger partial charge is 0.255 e. The van der Waals surface area contributed by atoms with E-state index in [-0.39, 0.29) is 11.9 Å². The summed E-state index contributed by atoms with van der Waals surface area (Å²) in [6.45, 7) is 1.82. The van der Waals surface area contributed by atoms with E-state index < -0.39 is 0 Å². The monoisotopic (exact) mass is 598 g/mol. The van der Waals surface area contributed by atoms with Gasteiger partial charge in [-0.25, -0.2) is 4.98 Å². The van der Waals surface area contributed by atoms with Crippen LogP contribution in [0.4, 0.5) is 5.82 Å². The molecular formula is C33H35ClN6OS. The van der Waals surface area contributed by atoms with E-state index >= 15 is 0 Å². The van der Waals surface area contributed by atoms with Crippen molar-refractivity contribution in [2.45, 2.75) is 25.4 Å². The van der Waals surface area contributed by atoms with Crippen LogP contribution in [0, 0.1) is 0 Å². The third-order valence-corrected chi connectivity index (χ3v) is 7.88. The third kappa shape index (κ3) is 7.26. The van der Waals surface area contributed by atoms with E-state index in [2.05, 4.69) is 74.6 Å². The highest BCUT2D eigenvalue weighted by Gasteiger charge is 2.24. The van der Waals surface area contributed by atoms with Crippen LogP contribution in [-0.4, -0.2) is 53.0 Å². The number of carbonyl (C=O) groups excluding carboxylic acids is 1. The number of benzene rings is 3. The number of hydrogen-bond donors (Lipinski definition) is 3. The summed E-state index contributed by atoms with van der Waals surface area (Å²) in [6.07, 6.45) is 3.50. The van der Waals surface area contributed by atoms with Crippen molar-refractivity contribution >= 4 is 40.7 Å². The number of carbonyl (C=O) groups is 1. The van der Waals surface area contributed by atoms with Gasteiger partial charge in [0.05, 0.1) is 16.6 Å². The molecule has 5 rings (SSSR count). The van der Waals surface area contributed by atoms with Crippen molar-refractivity contribution in [2.24, 2.45) is 0 Å². The van der Waals surface area contributed by atoms with Gasteiger partial charge in [0.1, 0.15) is 0 Å². The molecule has 0 bridgehead atoms. The molecule has 9 heteroatoms. The molecule has 0 radical (unpaired) electrons. The van der Waals surface area contributed by atoms with Crippen LogP contribution in [0.1, 0.15) is 44.2 Å². The highest BCUT2D eigenvalue weighted by atomic mass is 35.5. The summed E-state index contributed by atoms with van der Waals surface area (Å²) < 4.78 is 0. The molecule has 7 nitrogen and oxygen atoms in total. The molecule has 1 aromatic heterocycles. The number of fused-ring (bicyclic) bond motifs is 2. The summed E-state index contributed by atoms with van der Waals surface area (Å²) in [6, 6.07) is 28.4. The Morgan fingerprint density at radius 1 is 0.929 bits per heavy atom. The Hall–Kier alpha value is -3.98. The van der Waals surface area contributed by atoms with Gasteiger partial charge >= 0.3 is 0 Å². The van der Waals surface area contributed by atoms with E-state index in [1.165, 1.54) is 22.3 Å². The van der Waals surface area contributed by atoms with E-state index in [1.807, 2.05) is 49.3 Å². The second-order valence-corrected chi connectivity index (χ2v) is 11.4. The first-order valence-corrected chi connectivity index (χ1v) is 14.8. The van der Waals surface area contributed by atoms with E-state index in [9.17, 15) is 4.79 Å². The molecule has 1 amide bonds. The topological polar surface area (TPSA) is 72.5 Å². The maximum absolute atomic E-state index is 13.5. The average Bonchev–Trinajstić information content (AvgIpc) is 3.16. The SMILES string of the molecule is CN(C)CCN(Cc1ccccc1)C(=O)c1cnc(NNC(=S)NC2c3ccccc3CCc3ccccc32)c(Cl)c1. The molecule has 0 fully saturated rings. The molecule has 1 aliphatic rings. The van der Waals surface area contributed by atoms with Crippen molar-refractivity contribution in [3.63, 3.8) is 0 Å². The minimum Gasteiger partial charge on any atom is -0.350 e. The van der Waals surface area contributed by atoms with Gasteiger partial charge in [0, 0.05) is 25.8 Å². The first-order valence-electron chi connectivity index (χ1n) is 14.0. The van der Waals surface area contributed by atoms with Crippen molar-refractivity contribution in [2.75, 3.05) is 32.6 Å². The fourth-order valence-electron chi connectivity index (χ4n) is 5.17. The van der Waals surface area contributed by atoms with Crippen LogP contribution in [0.3, 0.4) is 0 Å². The van der Waals surface area contributed by atoms with Gasteiger partial charge in [0.25, 0.3) is 5.91 Å². The Morgan fingerprint density at radius 2 is 1.55 bits per heavy atom. The maximum atomic E-state index is 13.5. The van der Waals surface area contributed by atoms with E-state index in [1.54, 1.807) is 12.3 Å². The molecule has 3 aromatic carbocycles. The Balaban J connectivity index is 1.26. The molecule has 1 heterocycles. The molecule has 3 N–H and O–H groups in total. The van der Waals surface area contributed by atoms with Gasteiger partial charge in [-0.3, -0.25) is 15.6 Å². The lowest BCUT2D eigenvalue weighted by Gasteiger charge is -2.25. The second kappa shape index (κ2) is 13.8.